The molecule has 2 rings (SSSR count). The zero-order valence-corrected chi connectivity index (χ0v) is 12.8. The molecule has 1 aromatic carbocycles. The number of carboxylic acids is 1. The smallest absolute Gasteiger partial charge is 0.337 e. The van der Waals surface area contributed by atoms with Gasteiger partial charge in [0.05, 0.1) is 17.9 Å². The maximum Gasteiger partial charge on any atom is 0.337 e. The van der Waals surface area contributed by atoms with Crippen LogP contribution in [0.15, 0.2) is 18.2 Å². The molecule has 0 aliphatic heterocycles. The lowest BCUT2D eigenvalue weighted by molar-refractivity contribution is 0.0698. The fraction of sp³-hybridized carbons (Fsp3) is 0.385. The number of benzene rings is 1. The molecule has 3 N–H and O–H groups in total. The lowest BCUT2D eigenvalue weighted by Gasteiger charge is -2.22. The van der Waals surface area contributed by atoms with E-state index in [0.717, 1.165) is 16.4 Å². The number of nitrogens with one attached hydrogen (secondary N) is 1. The van der Waals surface area contributed by atoms with E-state index in [1.807, 2.05) is 22.6 Å². The predicted molar refractivity (Wildman–Crippen MR) is 82.0 cm³/mol. The second-order valence-electron chi connectivity index (χ2n) is 4.57. The number of amides is 2. The van der Waals surface area contributed by atoms with Gasteiger partial charge < -0.3 is 20.4 Å². The van der Waals surface area contributed by atoms with Crippen molar-refractivity contribution >= 4 is 40.3 Å². The lowest BCUT2D eigenvalue weighted by atomic mass is 10.2. The molecule has 0 spiro atoms. The van der Waals surface area contributed by atoms with Crippen molar-refractivity contribution in [2.24, 2.45) is 0 Å². The van der Waals surface area contributed by atoms with Gasteiger partial charge >= 0.3 is 12.0 Å². The van der Waals surface area contributed by atoms with E-state index in [4.69, 9.17) is 10.2 Å². The molecule has 0 aromatic heterocycles. The molecule has 0 radical (unpaired) electrons. The molecule has 0 atom stereocenters. The minimum Gasteiger partial charge on any atom is -0.478 e. The topological polar surface area (TPSA) is 89.9 Å². The van der Waals surface area contributed by atoms with Crippen molar-refractivity contribution in [3.05, 3.63) is 27.3 Å². The number of hydrogen-bond acceptors (Lipinski definition) is 3. The number of urea groups is 1. The van der Waals surface area contributed by atoms with Crippen molar-refractivity contribution in [3.63, 3.8) is 0 Å². The summed E-state index contributed by atoms with van der Waals surface area (Å²) in [5.41, 5.74) is 0.330. The summed E-state index contributed by atoms with van der Waals surface area (Å²) in [5.74, 6) is -1.08. The Bertz CT molecular complexity index is 531. The highest BCUT2D eigenvalue weighted by Crippen LogP contribution is 2.27. The number of rotatable bonds is 5. The summed E-state index contributed by atoms with van der Waals surface area (Å²) in [6.07, 6.45) is 1.85. The van der Waals surface area contributed by atoms with Gasteiger partial charge in [-0.05, 0) is 53.6 Å². The van der Waals surface area contributed by atoms with Gasteiger partial charge in [-0.2, -0.15) is 0 Å². The van der Waals surface area contributed by atoms with Crippen LogP contribution >= 0.6 is 22.6 Å². The molecule has 0 heterocycles. The highest BCUT2D eigenvalue weighted by Gasteiger charge is 2.32. The van der Waals surface area contributed by atoms with Gasteiger partial charge in [0.1, 0.15) is 0 Å². The predicted octanol–water partition coefficient (Wildman–Crippen LogP) is 1.98. The van der Waals surface area contributed by atoms with Crippen LogP contribution in [0.3, 0.4) is 0 Å². The minimum absolute atomic E-state index is 0.0602. The molecule has 1 aliphatic rings. The Hall–Kier alpha value is -1.35. The monoisotopic (exact) mass is 390 g/mol. The van der Waals surface area contributed by atoms with E-state index in [1.165, 1.54) is 6.07 Å². The molecule has 0 saturated heterocycles. The van der Waals surface area contributed by atoms with Crippen LogP contribution in [0.4, 0.5) is 10.5 Å². The first kappa shape index (κ1) is 15.0. The van der Waals surface area contributed by atoms with Gasteiger partial charge in [0.15, 0.2) is 0 Å². The third kappa shape index (κ3) is 3.60. The highest BCUT2D eigenvalue weighted by molar-refractivity contribution is 14.1. The lowest BCUT2D eigenvalue weighted by Crippen LogP contribution is -2.39. The number of aliphatic hydroxyl groups is 1. The van der Waals surface area contributed by atoms with E-state index in [-0.39, 0.29) is 36.5 Å². The van der Waals surface area contributed by atoms with Crippen LogP contribution in [0.25, 0.3) is 0 Å². The number of carbonyl (C=O) groups is 2. The van der Waals surface area contributed by atoms with Gasteiger partial charge in [-0.15, -0.1) is 0 Å². The summed E-state index contributed by atoms with van der Waals surface area (Å²) >= 11 is 2.02. The van der Waals surface area contributed by atoms with Crippen molar-refractivity contribution in [3.8, 4) is 0 Å². The first-order valence-electron chi connectivity index (χ1n) is 6.24. The average Bonchev–Trinajstić information content (AvgIpc) is 3.22. The van der Waals surface area contributed by atoms with Crippen molar-refractivity contribution in [2.45, 2.75) is 18.9 Å². The second-order valence-corrected chi connectivity index (χ2v) is 5.82. The van der Waals surface area contributed by atoms with Crippen LogP contribution in [-0.2, 0) is 0 Å². The Morgan fingerprint density at radius 1 is 1.40 bits per heavy atom. The molecule has 0 unspecified atom stereocenters. The summed E-state index contributed by atoms with van der Waals surface area (Å²) in [6, 6.07) is 4.60. The molecular formula is C13H15IN2O4. The minimum atomic E-state index is -1.08. The number of carboxylic acid groups (broad SMARTS) is 1. The Kier molecular flexibility index (Phi) is 4.81. The number of aromatic carboxylic acids is 1. The van der Waals surface area contributed by atoms with E-state index in [1.54, 1.807) is 17.0 Å². The molecule has 1 saturated carbocycles. The molecule has 20 heavy (non-hydrogen) atoms. The van der Waals surface area contributed by atoms with Crippen LogP contribution in [0.2, 0.25) is 0 Å². The molecule has 2 amide bonds. The van der Waals surface area contributed by atoms with E-state index in [9.17, 15) is 9.59 Å². The summed E-state index contributed by atoms with van der Waals surface area (Å²) in [6.45, 7) is 0.145. The number of anilines is 1. The molecule has 7 heteroatoms. The van der Waals surface area contributed by atoms with Crippen molar-refractivity contribution in [1.82, 2.24) is 4.90 Å². The van der Waals surface area contributed by atoms with Crippen molar-refractivity contribution in [2.75, 3.05) is 18.5 Å². The summed E-state index contributed by atoms with van der Waals surface area (Å²) in [4.78, 5) is 24.9. The fourth-order valence-electron chi connectivity index (χ4n) is 1.93. The van der Waals surface area contributed by atoms with Gasteiger partial charge in [-0.25, -0.2) is 9.59 Å². The van der Waals surface area contributed by atoms with E-state index in [0.29, 0.717) is 0 Å². The molecule has 6 nitrogen and oxygen atoms in total. The van der Waals surface area contributed by atoms with Crippen molar-refractivity contribution < 1.29 is 19.8 Å². The maximum atomic E-state index is 12.2. The SMILES string of the molecule is O=C(O)c1cc(I)ccc1NC(=O)N(CCO)C1CC1. The number of carbonyl (C=O) groups excluding carboxylic acids is 1. The molecular weight excluding hydrogens is 375 g/mol. The fourth-order valence-corrected chi connectivity index (χ4v) is 2.42. The summed E-state index contributed by atoms with van der Waals surface area (Å²) < 4.78 is 0.785. The third-order valence-electron chi connectivity index (χ3n) is 3.04. The molecule has 1 fully saturated rings. The summed E-state index contributed by atoms with van der Waals surface area (Å²) in [5, 5.41) is 20.8. The van der Waals surface area contributed by atoms with Gasteiger partial charge in [0.25, 0.3) is 0 Å². The van der Waals surface area contributed by atoms with Gasteiger partial charge in [0.2, 0.25) is 0 Å². The normalized spacial score (nSPS) is 13.9. The van der Waals surface area contributed by atoms with Crippen LogP contribution < -0.4 is 5.32 Å². The number of halogens is 1. The second kappa shape index (κ2) is 6.40. The quantitative estimate of drug-likeness (QED) is 0.671. The van der Waals surface area contributed by atoms with Crippen LogP contribution in [0, 0.1) is 3.57 Å². The number of nitrogens with zero attached hydrogens (tertiary/aromatic N) is 1. The molecule has 1 aliphatic carbocycles. The molecule has 108 valence electrons. The third-order valence-corrected chi connectivity index (χ3v) is 3.71. The van der Waals surface area contributed by atoms with Gasteiger partial charge in [0, 0.05) is 16.2 Å². The average molecular weight is 390 g/mol. The van der Waals surface area contributed by atoms with Crippen LogP contribution in [-0.4, -0.2) is 46.3 Å². The van der Waals surface area contributed by atoms with E-state index >= 15 is 0 Å². The largest absolute Gasteiger partial charge is 0.478 e. The zero-order chi connectivity index (χ0) is 14.7. The highest BCUT2D eigenvalue weighted by atomic mass is 127. The number of hydrogen-bond donors (Lipinski definition) is 3. The maximum absolute atomic E-state index is 12.2. The molecule has 0 bridgehead atoms. The first-order valence-corrected chi connectivity index (χ1v) is 7.32. The van der Waals surface area contributed by atoms with Crippen molar-refractivity contribution in [1.29, 1.82) is 0 Å². The first-order chi connectivity index (χ1) is 9.52. The standard InChI is InChI=1S/C13H15IN2O4/c14-8-1-4-11(10(7-8)12(18)19)15-13(20)16(5-6-17)9-2-3-9/h1,4,7,9,17H,2-3,5-6H2,(H,15,20)(H,18,19). The zero-order valence-electron chi connectivity index (χ0n) is 10.7. The Balaban J connectivity index is 2.16. The molecule has 1 aromatic rings. The van der Waals surface area contributed by atoms with Gasteiger partial charge in [-0.3, -0.25) is 0 Å². The van der Waals surface area contributed by atoms with Crippen LogP contribution in [0.5, 0.6) is 0 Å². The van der Waals surface area contributed by atoms with Crippen LogP contribution in [0.1, 0.15) is 23.2 Å². The van der Waals surface area contributed by atoms with E-state index < -0.39 is 5.97 Å². The Morgan fingerprint density at radius 3 is 2.65 bits per heavy atom. The van der Waals surface area contributed by atoms with Gasteiger partial charge in [-0.1, -0.05) is 0 Å². The van der Waals surface area contributed by atoms with E-state index in [2.05, 4.69) is 5.32 Å². The Labute approximate surface area is 129 Å². The summed E-state index contributed by atoms with van der Waals surface area (Å²) in [7, 11) is 0. The Morgan fingerprint density at radius 2 is 2.10 bits per heavy atom. The number of aliphatic hydroxyl groups excluding tert-OH is 1.